The van der Waals surface area contributed by atoms with Crippen LogP contribution in [-0.2, 0) is 0 Å². The SMILES string of the molecule is Nc1nnc(-c2ccc(-c3cccc(F)c3)cc2)s1. The molecule has 19 heavy (non-hydrogen) atoms. The van der Waals surface area contributed by atoms with Crippen molar-refractivity contribution < 1.29 is 4.39 Å². The highest BCUT2D eigenvalue weighted by atomic mass is 32.1. The molecule has 0 aliphatic rings. The van der Waals surface area contributed by atoms with Crippen LogP contribution in [0.4, 0.5) is 9.52 Å². The number of rotatable bonds is 2. The minimum atomic E-state index is -0.238. The monoisotopic (exact) mass is 271 g/mol. The summed E-state index contributed by atoms with van der Waals surface area (Å²) in [6.07, 6.45) is 0. The number of halogens is 1. The molecule has 3 rings (SSSR count). The number of anilines is 1. The molecule has 5 heteroatoms. The molecule has 0 radical (unpaired) electrons. The summed E-state index contributed by atoms with van der Waals surface area (Å²) in [7, 11) is 0. The smallest absolute Gasteiger partial charge is 0.203 e. The molecular formula is C14H10FN3S. The Morgan fingerprint density at radius 2 is 1.63 bits per heavy atom. The number of nitrogens with two attached hydrogens (primary N) is 1. The predicted octanol–water partition coefficient (Wildman–Crippen LogP) is 3.59. The maximum Gasteiger partial charge on any atom is 0.203 e. The Labute approximate surface area is 113 Å². The summed E-state index contributed by atoms with van der Waals surface area (Å²) in [5, 5.41) is 9.00. The van der Waals surface area contributed by atoms with Crippen LogP contribution in [0.15, 0.2) is 48.5 Å². The van der Waals surface area contributed by atoms with Crippen LogP contribution in [0.25, 0.3) is 21.7 Å². The van der Waals surface area contributed by atoms with Gasteiger partial charge < -0.3 is 5.73 Å². The molecule has 0 atom stereocenters. The fraction of sp³-hybridized carbons (Fsp3) is 0. The highest BCUT2D eigenvalue weighted by molar-refractivity contribution is 7.18. The van der Waals surface area contributed by atoms with E-state index in [1.54, 1.807) is 6.07 Å². The zero-order chi connectivity index (χ0) is 13.2. The Morgan fingerprint density at radius 1 is 0.895 bits per heavy atom. The maximum atomic E-state index is 13.2. The number of nitrogen functional groups attached to an aromatic ring is 1. The topological polar surface area (TPSA) is 51.8 Å². The van der Waals surface area contributed by atoms with Crippen LogP contribution in [0.1, 0.15) is 0 Å². The first-order valence-electron chi connectivity index (χ1n) is 5.68. The van der Waals surface area contributed by atoms with Gasteiger partial charge in [0.25, 0.3) is 0 Å². The summed E-state index contributed by atoms with van der Waals surface area (Å²) in [6.45, 7) is 0. The van der Waals surface area contributed by atoms with Gasteiger partial charge in [-0.05, 0) is 23.3 Å². The first-order chi connectivity index (χ1) is 9.22. The molecule has 1 heterocycles. The summed E-state index contributed by atoms with van der Waals surface area (Å²) in [6, 6.07) is 14.2. The Kier molecular flexibility index (Phi) is 2.97. The Balaban J connectivity index is 1.95. The lowest BCUT2D eigenvalue weighted by molar-refractivity contribution is 0.628. The molecule has 0 aliphatic heterocycles. The standard InChI is InChI=1S/C14H10FN3S/c15-12-3-1-2-11(8-12)9-4-6-10(7-5-9)13-17-18-14(16)19-13/h1-8H,(H2,16,18). The summed E-state index contributed by atoms with van der Waals surface area (Å²) in [4.78, 5) is 0. The van der Waals surface area contributed by atoms with Crippen LogP contribution < -0.4 is 5.73 Å². The van der Waals surface area contributed by atoms with E-state index in [4.69, 9.17) is 5.73 Å². The first-order valence-corrected chi connectivity index (χ1v) is 6.49. The lowest BCUT2D eigenvalue weighted by atomic mass is 10.0. The molecule has 2 N–H and O–H groups in total. The molecular weight excluding hydrogens is 261 g/mol. The molecule has 3 aromatic rings. The molecule has 94 valence electrons. The van der Waals surface area contributed by atoms with Crippen LogP contribution in [0.2, 0.25) is 0 Å². The van der Waals surface area contributed by atoms with Crippen molar-refractivity contribution in [3.05, 3.63) is 54.3 Å². The third-order valence-electron chi connectivity index (χ3n) is 2.73. The molecule has 3 nitrogen and oxygen atoms in total. The van der Waals surface area contributed by atoms with Crippen molar-refractivity contribution in [2.45, 2.75) is 0 Å². The van der Waals surface area contributed by atoms with Gasteiger partial charge >= 0.3 is 0 Å². The summed E-state index contributed by atoms with van der Waals surface area (Å²) in [5.74, 6) is -0.238. The van der Waals surface area contributed by atoms with E-state index in [2.05, 4.69) is 10.2 Å². The van der Waals surface area contributed by atoms with Gasteiger partial charge in [-0.25, -0.2) is 4.39 Å². The molecule has 0 aliphatic carbocycles. The lowest BCUT2D eigenvalue weighted by Crippen LogP contribution is -1.82. The van der Waals surface area contributed by atoms with Crippen LogP contribution in [0, 0.1) is 5.82 Å². The fourth-order valence-corrected chi connectivity index (χ4v) is 2.44. The van der Waals surface area contributed by atoms with Crippen molar-refractivity contribution in [1.82, 2.24) is 10.2 Å². The lowest BCUT2D eigenvalue weighted by Gasteiger charge is -2.02. The molecule has 0 saturated heterocycles. The van der Waals surface area contributed by atoms with E-state index in [1.807, 2.05) is 30.3 Å². The van der Waals surface area contributed by atoms with Crippen molar-refractivity contribution in [3.63, 3.8) is 0 Å². The number of hydrogen-bond donors (Lipinski definition) is 1. The van der Waals surface area contributed by atoms with Crippen molar-refractivity contribution in [2.24, 2.45) is 0 Å². The van der Waals surface area contributed by atoms with Crippen LogP contribution >= 0.6 is 11.3 Å². The van der Waals surface area contributed by atoms with Gasteiger partial charge in [0.1, 0.15) is 10.8 Å². The molecule has 0 saturated carbocycles. The van der Waals surface area contributed by atoms with Gasteiger partial charge in [-0.2, -0.15) is 0 Å². The molecule has 2 aromatic carbocycles. The second-order valence-corrected chi connectivity index (χ2v) is 5.04. The molecule has 0 spiro atoms. The van der Waals surface area contributed by atoms with Gasteiger partial charge in [-0.15, -0.1) is 10.2 Å². The van der Waals surface area contributed by atoms with Crippen molar-refractivity contribution in [3.8, 4) is 21.7 Å². The highest BCUT2D eigenvalue weighted by Gasteiger charge is 2.05. The van der Waals surface area contributed by atoms with Crippen molar-refractivity contribution in [1.29, 1.82) is 0 Å². The minimum Gasteiger partial charge on any atom is -0.374 e. The van der Waals surface area contributed by atoms with E-state index >= 15 is 0 Å². The molecule has 1 aromatic heterocycles. The molecule has 0 bridgehead atoms. The minimum absolute atomic E-state index is 0.238. The van der Waals surface area contributed by atoms with Crippen LogP contribution in [-0.4, -0.2) is 10.2 Å². The zero-order valence-electron chi connectivity index (χ0n) is 9.88. The van der Waals surface area contributed by atoms with Crippen molar-refractivity contribution >= 4 is 16.5 Å². The molecule has 0 fully saturated rings. The average molecular weight is 271 g/mol. The largest absolute Gasteiger partial charge is 0.374 e. The van der Waals surface area contributed by atoms with E-state index in [1.165, 1.54) is 23.5 Å². The first kappa shape index (κ1) is 11.8. The predicted molar refractivity (Wildman–Crippen MR) is 75.2 cm³/mol. The summed E-state index contributed by atoms with van der Waals surface area (Å²) in [5.41, 5.74) is 8.32. The average Bonchev–Trinajstić information content (AvgIpc) is 2.86. The third-order valence-corrected chi connectivity index (χ3v) is 3.53. The van der Waals surface area contributed by atoms with E-state index in [0.29, 0.717) is 5.13 Å². The number of aromatic nitrogens is 2. The van der Waals surface area contributed by atoms with Crippen LogP contribution in [0.3, 0.4) is 0 Å². The van der Waals surface area contributed by atoms with E-state index in [-0.39, 0.29) is 5.82 Å². The van der Waals surface area contributed by atoms with Gasteiger partial charge in [-0.3, -0.25) is 0 Å². The second kappa shape index (κ2) is 4.78. The quantitative estimate of drug-likeness (QED) is 0.775. The highest BCUT2D eigenvalue weighted by Crippen LogP contribution is 2.27. The van der Waals surface area contributed by atoms with Crippen LogP contribution in [0.5, 0.6) is 0 Å². The normalized spacial score (nSPS) is 10.6. The Hall–Kier alpha value is -2.27. The Morgan fingerprint density at radius 3 is 2.26 bits per heavy atom. The number of nitrogens with zero attached hydrogens (tertiary/aromatic N) is 2. The van der Waals surface area contributed by atoms with E-state index < -0.39 is 0 Å². The van der Waals surface area contributed by atoms with Gasteiger partial charge in [0, 0.05) is 5.56 Å². The molecule has 0 unspecified atom stereocenters. The van der Waals surface area contributed by atoms with Gasteiger partial charge in [-0.1, -0.05) is 47.7 Å². The summed E-state index contributed by atoms with van der Waals surface area (Å²) < 4.78 is 13.2. The third kappa shape index (κ3) is 2.46. The maximum absolute atomic E-state index is 13.2. The van der Waals surface area contributed by atoms with E-state index in [0.717, 1.165) is 21.7 Å². The number of benzene rings is 2. The Bertz CT molecular complexity index is 707. The molecule has 0 amide bonds. The van der Waals surface area contributed by atoms with Gasteiger partial charge in [0.2, 0.25) is 5.13 Å². The van der Waals surface area contributed by atoms with Crippen molar-refractivity contribution in [2.75, 3.05) is 5.73 Å². The summed E-state index contributed by atoms with van der Waals surface area (Å²) >= 11 is 1.34. The van der Waals surface area contributed by atoms with Gasteiger partial charge in [0.05, 0.1) is 0 Å². The fourth-order valence-electron chi connectivity index (χ4n) is 1.82. The number of hydrogen-bond acceptors (Lipinski definition) is 4. The van der Waals surface area contributed by atoms with E-state index in [9.17, 15) is 4.39 Å². The van der Waals surface area contributed by atoms with Gasteiger partial charge in [0.15, 0.2) is 0 Å². The zero-order valence-corrected chi connectivity index (χ0v) is 10.7. The second-order valence-electron chi connectivity index (χ2n) is 4.03.